The van der Waals surface area contributed by atoms with Gasteiger partial charge >= 0.3 is 0 Å². The number of aromatic nitrogens is 5. The maximum atomic E-state index is 6.09. The molecule has 0 bridgehead atoms. The quantitative estimate of drug-likeness (QED) is 0.654. The summed E-state index contributed by atoms with van der Waals surface area (Å²) in [6.07, 6.45) is 2.43. The minimum absolute atomic E-state index is 0.221. The smallest absolute Gasteiger partial charge is 0.217 e. The van der Waals surface area contributed by atoms with Crippen molar-refractivity contribution < 1.29 is 9.47 Å². The summed E-state index contributed by atoms with van der Waals surface area (Å²) < 4.78 is 12.3. The number of hydrogen-bond donors (Lipinski definition) is 2. The van der Waals surface area contributed by atoms with Crippen LogP contribution < -0.4 is 20.5 Å². The highest BCUT2D eigenvalue weighted by atomic mass is 16.5. The van der Waals surface area contributed by atoms with Crippen LogP contribution in [-0.2, 0) is 0 Å². The highest BCUT2D eigenvalue weighted by Gasteiger charge is 2.23. The van der Waals surface area contributed by atoms with Crippen LogP contribution in [0, 0.1) is 11.8 Å². The number of ether oxygens (including phenoxy) is 2. The number of anilines is 1. The molecule has 0 saturated carbocycles. The van der Waals surface area contributed by atoms with Crippen LogP contribution in [0.1, 0.15) is 23.7 Å². The average molecular weight is 365 g/mol. The van der Waals surface area contributed by atoms with Gasteiger partial charge in [-0.2, -0.15) is 10.1 Å². The minimum Gasteiger partial charge on any atom is -0.481 e. The predicted molar refractivity (Wildman–Crippen MR) is 99.6 cm³/mol. The Morgan fingerprint density at radius 1 is 1.19 bits per heavy atom. The molecule has 1 fully saturated rings. The molecular formula is C18H19N7O2. The topological polar surface area (TPSA) is 113 Å². The van der Waals surface area contributed by atoms with Gasteiger partial charge in [-0.1, -0.05) is 5.92 Å². The lowest BCUT2D eigenvalue weighted by Crippen LogP contribution is -2.15. The Hall–Kier alpha value is -3.38. The van der Waals surface area contributed by atoms with Crippen LogP contribution in [0.3, 0.4) is 0 Å². The number of nitrogens with one attached hydrogen (secondary N) is 1. The van der Waals surface area contributed by atoms with E-state index in [0.717, 1.165) is 19.5 Å². The molecule has 9 heteroatoms. The lowest BCUT2D eigenvalue weighted by Gasteiger charge is -2.09. The SMILES string of the molecule is COc1cc(C#Cc2nn([C@H]3CCNC3)c3ncnc(N)c23)cc(OC)n1. The second kappa shape index (κ2) is 7.09. The van der Waals surface area contributed by atoms with Crippen LogP contribution in [0.2, 0.25) is 0 Å². The third-order valence-corrected chi connectivity index (χ3v) is 4.42. The summed E-state index contributed by atoms with van der Waals surface area (Å²) in [5.41, 5.74) is 8.03. The number of nitrogens with two attached hydrogens (primary N) is 1. The summed E-state index contributed by atoms with van der Waals surface area (Å²) in [6.45, 7) is 1.79. The molecule has 0 radical (unpaired) electrons. The fraction of sp³-hybridized carbons (Fsp3) is 0.333. The molecule has 0 aliphatic carbocycles. The molecule has 4 heterocycles. The average Bonchev–Trinajstić information content (AvgIpc) is 3.34. The first-order chi connectivity index (χ1) is 13.2. The van der Waals surface area contributed by atoms with Crippen molar-refractivity contribution in [2.45, 2.75) is 12.5 Å². The van der Waals surface area contributed by atoms with Gasteiger partial charge in [-0.15, -0.1) is 0 Å². The molecule has 27 heavy (non-hydrogen) atoms. The Morgan fingerprint density at radius 2 is 1.96 bits per heavy atom. The Bertz CT molecular complexity index is 1020. The molecule has 1 aliphatic heterocycles. The Morgan fingerprint density at radius 3 is 2.63 bits per heavy atom. The van der Waals surface area contributed by atoms with Crippen LogP contribution in [0.5, 0.6) is 11.8 Å². The fourth-order valence-electron chi connectivity index (χ4n) is 3.08. The molecule has 0 amide bonds. The van der Waals surface area contributed by atoms with Crippen molar-refractivity contribution in [2.24, 2.45) is 0 Å². The first kappa shape index (κ1) is 17.1. The molecule has 138 valence electrons. The molecule has 1 aliphatic rings. The van der Waals surface area contributed by atoms with Gasteiger partial charge in [-0.05, 0) is 18.9 Å². The van der Waals surface area contributed by atoms with Crippen LogP contribution in [-0.4, -0.2) is 52.0 Å². The molecule has 0 unspecified atom stereocenters. The standard InChI is InChI=1S/C18H19N7O2/c1-26-14-7-11(8-15(23-14)27-2)3-4-13-16-17(19)21-10-22-18(16)25(24-13)12-5-6-20-9-12/h7-8,10,12,20H,5-6,9H2,1-2H3,(H2,19,21,22)/t12-/m0/s1. The summed E-state index contributed by atoms with van der Waals surface area (Å²) in [6, 6.07) is 3.68. The largest absolute Gasteiger partial charge is 0.481 e. The van der Waals surface area contributed by atoms with Gasteiger partial charge in [0.05, 0.1) is 25.6 Å². The maximum Gasteiger partial charge on any atom is 0.217 e. The zero-order valence-corrected chi connectivity index (χ0v) is 15.1. The van der Waals surface area contributed by atoms with Crippen LogP contribution in [0.15, 0.2) is 18.5 Å². The fourth-order valence-corrected chi connectivity index (χ4v) is 3.08. The van der Waals surface area contributed by atoms with Gasteiger partial charge in [0.15, 0.2) is 5.65 Å². The number of nitrogens with zero attached hydrogens (tertiary/aromatic N) is 5. The first-order valence-corrected chi connectivity index (χ1v) is 8.51. The third-order valence-electron chi connectivity index (χ3n) is 4.42. The molecule has 0 aromatic carbocycles. The van der Waals surface area contributed by atoms with E-state index in [1.54, 1.807) is 26.4 Å². The number of rotatable bonds is 3. The van der Waals surface area contributed by atoms with Gasteiger partial charge in [0.25, 0.3) is 0 Å². The van der Waals surface area contributed by atoms with Crippen molar-refractivity contribution in [2.75, 3.05) is 33.0 Å². The van der Waals surface area contributed by atoms with Crippen molar-refractivity contribution in [1.29, 1.82) is 0 Å². The van der Waals surface area contributed by atoms with E-state index in [1.165, 1.54) is 6.33 Å². The summed E-state index contributed by atoms with van der Waals surface area (Å²) >= 11 is 0. The van der Waals surface area contributed by atoms with E-state index >= 15 is 0 Å². The Labute approximate surface area is 155 Å². The molecule has 1 saturated heterocycles. The van der Waals surface area contributed by atoms with Crippen molar-refractivity contribution in [3.05, 3.63) is 29.7 Å². The van der Waals surface area contributed by atoms with Crippen molar-refractivity contribution in [3.8, 4) is 23.6 Å². The van der Waals surface area contributed by atoms with Crippen LogP contribution >= 0.6 is 0 Å². The molecule has 1 atom stereocenters. The first-order valence-electron chi connectivity index (χ1n) is 8.51. The zero-order chi connectivity index (χ0) is 18.8. The summed E-state index contributed by atoms with van der Waals surface area (Å²) in [4.78, 5) is 12.6. The molecule has 9 nitrogen and oxygen atoms in total. The molecule has 3 N–H and O–H groups in total. The second-order valence-corrected chi connectivity index (χ2v) is 6.09. The summed E-state index contributed by atoms with van der Waals surface area (Å²) in [5, 5.41) is 8.68. The highest BCUT2D eigenvalue weighted by molar-refractivity contribution is 5.90. The second-order valence-electron chi connectivity index (χ2n) is 6.09. The molecule has 3 aromatic heterocycles. The molecule has 4 rings (SSSR count). The van der Waals surface area contributed by atoms with Crippen LogP contribution in [0.4, 0.5) is 5.82 Å². The minimum atomic E-state index is 0.221. The number of pyridine rings is 1. The van der Waals surface area contributed by atoms with E-state index in [0.29, 0.717) is 39.9 Å². The predicted octanol–water partition coefficient (Wildman–Crippen LogP) is 0.755. The number of nitrogen functional groups attached to an aromatic ring is 1. The van der Waals surface area contributed by atoms with Gasteiger partial charge in [-0.3, -0.25) is 0 Å². The number of methoxy groups -OCH3 is 2. The monoisotopic (exact) mass is 365 g/mol. The lowest BCUT2D eigenvalue weighted by atomic mass is 10.2. The number of fused-ring (bicyclic) bond motifs is 1. The van der Waals surface area contributed by atoms with Crippen molar-refractivity contribution in [3.63, 3.8) is 0 Å². The van der Waals surface area contributed by atoms with E-state index in [-0.39, 0.29) is 6.04 Å². The normalized spacial score (nSPS) is 16.1. The van der Waals surface area contributed by atoms with E-state index in [1.807, 2.05) is 4.68 Å². The Kier molecular flexibility index (Phi) is 4.48. The Balaban J connectivity index is 1.80. The van der Waals surface area contributed by atoms with E-state index < -0.39 is 0 Å². The van der Waals surface area contributed by atoms with Gasteiger partial charge < -0.3 is 20.5 Å². The van der Waals surface area contributed by atoms with Gasteiger partial charge in [0.2, 0.25) is 11.8 Å². The molecule has 0 spiro atoms. The van der Waals surface area contributed by atoms with Crippen LogP contribution in [0.25, 0.3) is 11.0 Å². The van der Waals surface area contributed by atoms with Crippen molar-refractivity contribution in [1.82, 2.24) is 30.0 Å². The van der Waals surface area contributed by atoms with Gasteiger partial charge in [-0.25, -0.2) is 14.6 Å². The van der Waals surface area contributed by atoms with E-state index in [9.17, 15) is 0 Å². The summed E-state index contributed by atoms with van der Waals surface area (Å²) in [5.74, 6) is 7.39. The van der Waals surface area contributed by atoms with Gasteiger partial charge in [0.1, 0.15) is 17.8 Å². The van der Waals surface area contributed by atoms with E-state index in [4.69, 9.17) is 15.2 Å². The lowest BCUT2D eigenvalue weighted by molar-refractivity contribution is 0.364. The zero-order valence-electron chi connectivity index (χ0n) is 15.1. The van der Waals surface area contributed by atoms with E-state index in [2.05, 4.69) is 37.2 Å². The summed E-state index contributed by atoms with van der Waals surface area (Å²) in [7, 11) is 3.09. The van der Waals surface area contributed by atoms with Crippen molar-refractivity contribution >= 4 is 16.9 Å². The molecular weight excluding hydrogens is 346 g/mol. The maximum absolute atomic E-state index is 6.09. The third kappa shape index (κ3) is 3.22. The molecule has 3 aromatic rings. The number of hydrogen-bond acceptors (Lipinski definition) is 8. The van der Waals surface area contributed by atoms with Gasteiger partial charge in [0, 0.05) is 24.2 Å². The highest BCUT2D eigenvalue weighted by Crippen LogP contribution is 2.26.